The molecule has 0 aliphatic rings. The molecule has 0 spiro atoms. The Kier molecular flexibility index (Phi) is 5.58. The number of benzene rings is 1. The number of thioether (sulfide) groups is 1. The predicted octanol–water partition coefficient (Wildman–Crippen LogP) is 4.81. The van der Waals surface area contributed by atoms with Gasteiger partial charge in [-0.25, -0.2) is 0 Å². The molecule has 0 heterocycles. The van der Waals surface area contributed by atoms with E-state index < -0.39 is 0 Å². The maximum Gasteiger partial charge on any atom is 0.0683 e. The topological polar surface area (TPSA) is 23.8 Å². The van der Waals surface area contributed by atoms with Gasteiger partial charge in [-0.05, 0) is 51.0 Å². The highest BCUT2D eigenvalue weighted by Gasteiger charge is 2.15. The Labute approximate surface area is 109 Å². The molecule has 17 heavy (non-hydrogen) atoms. The Morgan fingerprint density at radius 1 is 1.24 bits per heavy atom. The molecule has 0 aliphatic carbocycles. The van der Waals surface area contributed by atoms with Crippen molar-refractivity contribution in [2.24, 2.45) is 5.41 Å². The minimum Gasteiger partial charge on any atom is -0.198 e. The fraction of sp³-hybridized carbons (Fsp3) is 0.533. The molecule has 0 N–H and O–H groups in total. The van der Waals surface area contributed by atoms with Crippen molar-refractivity contribution < 1.29 is 0 Å². The molecule has 1 aromatic rings. The van der Waals surface area contributed by atoms with Gasteiger partial charge in [0.15, 0.2) is 0 Å². The fourth-order valence-electron chi connectivity index (χ4n) is 1.63. The smallest absolute Gasteiger partial charge is 0.0683 e. The number of unbranched alkanes of at least 4 members (excludes halogenated alkanes) is 1. The molecule has 0 bridgehead atoms. The molecular weight excluding hydrogens is 226 g/mol. The van der Waals surface area contributed by atoms with Crippen LogP contribution in [0.25, 0.3) is 0 Å². The lowest BCUT2D eigenvalue weighted by atomic mass is 9.89. The van der Waals surface area contributed by atoms with Crippen LogP contribution < -0.4 is 0 Å². The van der Waals surface area contributed by atoms with E-state index in [0.29, 0.717) is 0 Å². The van der Waals surface area contributed by atoms with Crippen molar-refractivity contribution in [2.75, 3.05) is 5.75 Å². The SMILES string of the molecule is Cc1ccccc1SCCCCC(C)(C)C#N. The number of nitrogens with zero attached hydrogens (tertiary/aromatic N) is 1. The molecule has 0 aromatic heterocycles. The third kappa shape index (κ3) is 5.28. The molecule has 0 saturated heterocycles. The number of rotatable bonds is 6. The average molecular weight is 247 g/mol. The second-order valence-corrected chi connectivity index (χ2v) is 6.20. The maximum absolute atomic E-state index is 8.91. The largest absolute Gasteiger partial charge is 0.198 e. The van der Waals surface area contributed by atoms with Crippen molar-refractivity contribution in [3.8, 4) is 6.07 Å². The van der Waals surface area contributed by atoms with Crippen molar-refractivity contribution >= 4 is 11.8 Å². The average Bonchev–Trinajstić information content (AvgIpc) is 2.31. The van der Waals surface area contributed by atoms with Gasteiger partial charge in [0, 0.05) is 4.90 Å². The standard InChI is InChI=1S/C15H21NS/c1-13-8-4-5-9-14(13)17-11-7-6-10-15(2,3)12-16/h4-5,8-9H,6-7,10-11H2,1-3H3. The first-order chi connectivity index (χ1) is 8.05. The molecule has 0 aliphatic heterocycles. The van der Waals surface area contributed by atoms with Crippen molar-refractivity contribution in [1.29, 1.82) is 5.26 Å². The molecule has 0 atom stereocenters. The zero-order valence-corrected chi connectivity index (χ0v) is 11.8. The summed E-state index contributed by atoms with van der Waals surface area (Å²) < 4.78 is 0. The first-order valence-corrected chi connectivity index (χ1v) is 7.13. The second-order valence-electron chi connectivity index (χ2n) is 5.07. The van der Waals surface area contributed by atoms with Gasteiger partial charge < -0.3 is 0 Å². The van der Waals surface area contributed by atoms with Gasteiger partial charge in [-0.3, -0.25) is 0 Å². The Morgan fingerprint density at radius 2 is 1.94 bits per heavy atom. The first-order valence-electron chi connectivity index (χ1n) is 6.15. The first kappa shape index (κ1) is 14.1. The van der Waals surface area contributed by atoms with Gasteiger partial charge >= 0.3 is 0 Å². The second kappa shape index (κ2) is 6.71. The van der Waals surface area contributed by atoms with Crippen molar-refractivity contribution in [2.45, 2.75) is 44.9 Å². The van der Waals surface area contributed by atoms with Crippen LogP contribution >= 0.6 is 11.8 Å². The highest BCUT2D eigenvalue weighted by atomic mass is 32.2. The van der Waals surface area contributed by atoms with Crippen molar-refractivity contribution in [3.63, 3.8) is 0 Å². The van der Waals surface area contributed by atoms with E-state index in [1.807, 2.05) is 25.6 Å². The molecule has 0 fully saturated rings. The van der Waals surface area contributed by atoms with Crippen LogP contribution in [0.3, 0.4) is 0 Å². The maximum atomic E-state index is 8.91. The molecule has 0 saturated carbocycles. The summed E-state index contributed by atoms with van der Waals surface area (Å²) in [5, 5.41) is 8.91. The van der Waals surface area contributed by atoms with Crippen LogP contribution in [0.2, 0.25) is 0 Å². The van der Waals surface area contributed by atoms with Gasteiger partial charge in [0.25, 0.3) is 0 Å². The number of hydrogen-bond donors (Lipinski definition) is 0. The third-order valence-corrected chi connectivity index (χ3v) is 4.11. The lowest BCUT2D eigenvalue weighted by Crippen LogP contribution is -2.07. The van der Waals surface area contributed by atoms with E-state index in [1.165, 1.54) is 16.9 Å². The zero-order chi connectivity index (χ0) is 12.7. The predicted molar refractivity (Wildman–Crippen MR) is 75.1 cm³/mol. The van der Waals surface area contributed by atoms with Crippen LogP contribution in [0.1, 0.15) is 38.7 Å². The summed E-state index contributed by atoms with van der Waals surface area (Å²) in [6, 6.07) is 10.9. The minimum atomic E-state index is -0.159. The summed E-state index contributed by atoms with van der Waals surface area (Å²) >= 11 is 1.92. The molecule has 1 nitrogen and oxygen atoms in total. The van der Waals surface area contributed by atoms with Crippen LogP contribution in [0.15, 0.2) is 29.2 Å². The van der Waals surface area contributed by atoms with Crippen LogP contribution in [-0.4, -0.2) is 5.75 Å². The van der Waals surface area contributed by atoms with Crippen molar-refractivity contribution in [1.82, 2.24) is 0 Å². The summed E-state index contributed by atoms with van der Waals surface area (Å²) in [6.07, 6.45) is 3.32. The lowest BCUT2D eigenvalue weighted by molar-refractivity contribution is 0.433. The van der Waals surface area contributed by atoms with E-state index in [9.17, 15) is 0 Å². The molecule has 0 amide bonds. The van der Waals surface area contributed by atoms with Crippen LogP contribution in [0.5, 0.6) is 0 Å². The molecular formula is C15H21NS. The van der Waals surface area contributed by atoms with Gasteiger partial charge in [-0.15, -0.1) is 11.8 Å². The van der Waals surface area contributed by atoms with Crippen LogP contribution in [0.4, 0.5) is 0 Å². The molecule has 0 unspecified atom stereocenters. The van der Waals surface area contributed by atoms with Gasteiger partial charge in [0.2, 0.25) is 0 Å². The van der Waals surface area contributed by atoms with E-state index in [4.69, 9.17) is 5.26 Å². The van der Waals surface area contributed by atoms with E-state index in [1.54, 1.807) is 0 Å². The molecule has 0 radical (unpaired) electrons. The van der Waals surface area contributed by atoms with Gasteiger partial charge in [-0.1, -0.05) is 24.6 Å². The highest BCUT2D eigenvalue weighted by molar-refractivity contribution is 7.99. The Hall–Kier alpha value is -0.940. The van der Waals surface area contributed by atoms with E-state index in [-0.39, 0.29) is 5.41 Å². The van der Waals surface area contributed by atoms with Crippen LogP contribution in [-0.2, 0) is 0 Å². The molecule has 92 valence electrons. The van der Waals surface area contributed by atoms with Crippen molar-refractivity contribution in [3.05, 3.63) is 29.8 Å². The Balaban J connectivity index is 2.22. The lowest BCUT2D eigenvalue weighted by Gasteiger charge is -2.14. The van der Waals surface area contributed by atoms with E-state index in [2.05, 4.69) is 37.3 Å². The van der Waals surface area contributed by atoms with Gasteiger partial charge in [0.1, 0.15) is 0 Å². The van der Waals surface area contributed by atoms with Gasteiger partial charge in [0.05, 0.1) is 11.5 Å². The van der Waals surface area contributed by atoms with Gasteiger partial charge in [-0.2, -0.15) is 5.26 Å². The summed E-state index contributed by atoms with van der Waals surface area (Å²) in [5.41, 5.74) is 1.20. The summed E-state index contributed by atoms with van der Waals surface area (Å²) in [5.74, 6) is 1.15. The third-order valence-electron chi connectivity index (χ3n) is 2.85. The summed E-state index contributed by atoms with van der Waals surface area (Å²) in [6.45, 7) is 6.18. The highest BCUT2D eigenvalue weighted by Crippen LogP contribution is 2.25. The number of hydrogen-bond acceptors (Lipinski definition) is 2. The molecule has 2 heteroatoms. The summed E-state index contributed by atoms with van der Waals surface area (Å²) in [7, 11) is 0. The van der Waals surface area contributed by atoms with E-state index in [0.717, 1.165) is 18.6 Å². The molecule has 1 rings (SSSR count). The molecule has 1 aromatic carbocycles. The number of aryl methyl sites for hydroxylation is 1. The minimum absolute atomic E-state index is 0.159. The normalized spacial score (nSPS) is 11.2. The Bertz CT molecular complexity index is 390. The monoisotopic (exact) mass is 247 g/mol. The number of nitriles is 1. The Morgan fingerprint density at radius 3 is 2.59 bits per heavy atom. The quantitative estimate of drug-likeness (QED) is 0.532. The zero-order valence-electron chi connectivity index (χ0n) is 11.0. The summed E-state index contributed by atoms with van der Waals surface area (Å²) in [4.78, 5) is 1.38. The van der Waals surface area contributed by atoms with Crippen LogP contribution in [0, 0.1) is 23.7 Å². The fourth-order valence-corrected chi connectivity index (χ4v) is 2.66. The van der Waals surface area contributed by atoms with E-state index >= 15 is 0 Å².